The van der Waals surface area contributed by atoms with E-state index in [4.69, 9.17) is 16.6 Å². The molecule has 0 saturated heterocycles. The number of aromatic amines is 1. The number of nitrogens with one attached hydrogen (secondary N) is 2. The lowest BCUT2D eigenvalue weighted by molar-refractivity contribution is 0.157. The van der Waals surface area contributed by atoms with E-state index >= 15 is 4.39 Å². The molecule has 9 heteroatoms. The monoisotopic (exact) mass is 494 g/mol. The van der Waals surface area contributed by atoms with Crippen LogP contribution in [0.2, 0.25) is 5.15 Å². The van der Waals surface area contributed by atoms with Crippen LogP contribution in [0.5, 0.6) is 0 Å². The Kier molecular flexibility index (Phi) is 4.88. The molecule has 4 aromatic rings. The first-order valence-electron chi connectivity index (χ1n) is 12.1. The normalized spacial score (nSPS) is 24.1. The molecule has 2 N–H and O–H groups in total. The highest BCUT2D eigenvalue weighted by atomic mass is 35.5. The van der Waals surface area contributed by atoms with Gasteiger partial charge >= 0.3 is 0 Å². The molecule has 0 aliphatic heterocycles. The van der Waals surface area contributed by atoms with Crippen LogP contribution < -0.4 is 5.32 Å². The molecule has 0 unspecified atom stereocenters. The summed E-state index contributed by atoms with van der Waals surface area (Å²) in [6.07, 6.45) is 11.8. The van der Waals surface area contributed by atoms with Crippen LogP contribution in [-0.4, -0.2) is 31.0 Å². The van der Waals surface area contributed by atoms with Gasteiger partial charge in [-0.3, -0.25) is 0 Å². The Morgan fingerprint density at radius 3 is 2.68 bits per heavy atom. The lowest BCUT2D eigenvalue weighted by Gasteiger charge is -2.42. The molecule has 2 bridgehead atoms. The lowest BCUT2D eigenvalue weighted by atomic mass is 9.68. The number of thiophene rings is 1. The van der Waals surface area contributed by atoms with Crippen LogP contribution in [0.3, 0.4) is 0 Å². The van der Waals surface area contributed by atoms with E-state index in [0.29, 0.717) is 45.2 Å². The van der Waals surface area contributed by atoms with E-state index in [1.807, 2.05) is 6.07 Å². The number of rotatable bonds is 5. The van der Waals surface area contributed by atoms with Gasteiger partial charge in [-0.25, -0.2) is 24.3 Å². The Hall–Kier alpha value is -2.58. The summed E-state index contributed by atoms with van der Waals surface area (Å²) in [5.74, 6) is 2.25. The Bertz CT molecular complexity index is 1390. The number of nitrogens with zero attached hydrogens (tertiary/aromatic N) is 4. The van der Waals surface area contributed by atoms with Crippen molar-refractivity contribution in [2.75, 3.05) is 5.32 Å². The van der Waals surface area contributed by atoms with Crippen molar-refractivity contribution in [3.05, 3.63) is 40.4 Å². The Balaban J connectivity index is 1.35. The van der Waals surface area contributed by atoms with Crippen LogP contribution in [0.1, 0.15) is 55.7 Å². The number of hydrogen-bond donors (Lipinski definition) is 2. The second kappa shape index (κ2) is 7.99. The van der Waals surface area contributed by atoms with Crippen LogP contribution in [0.15, 0.2) is 24.5 Å². The van der Waals surface area contributed by atoms with Gasteiger partial charge in [0.05, 0.1) is 16.6 Å². The van der Waals surface area contributed by atoms with Gasteiger partial charge in [0.15, 0.2) is 23.1 Å². The summed E-state index contributed by atoms with van der Waals surface area (Å²) >= 11 is 7.76. The van der Waals surface area contributed by atoms with E-state index in [1.165, 1.54) is 49.6 Å². The standard InChI is InChI=1S/C25H24ClFN6S/c26-19-11-29-25-21(31-19)15(10-28-25)23-32-22(18-8-7-17(34-18)14-5-6-14)20(27)24(33-23)30-16-9-12-1-3-13(16)4-2-12/h7-8,10-14,16H,1-6,9H2,(H,28,29)(H,30,32,33)/t12?,13?,16-/m1/s1. The summed E-state index contributed by atoms with van der Waals surface area (Å²) in [4.78, 5) is 23.4. The topological polar surface area (TPSA) is 79.4 Å². The molecule has 1 atom stereocenters. The van der Waals surface area contributed by atoms with Crippen molar-refractivity contribution in [2.24, 2.45) is 11.8 Å². The number of anilines is 1. The molecule has 6 nitrogen and oxygen atoms in total. The van der Waals surface area contributed by atoms with E-state index in [9.17, 15) is 0 Å². The lowest BCUT2D eigenvalue weighted by Crippen LogP contribution is -2.40. The highest BCUT2D eigenvalue weighted by Gasteiger charge is 2.36. The largest absolute Gasteiger partial charge is 0.364 e. The van der Waals surface area contributed by atoms with Crippen molar-refractivity contribution in [1.29, 1.82) is 0 Å². The number of aromatic nitrogens is 5. The molecule has 0 radical (unpaired) electrons. The summed E-state index contributed by atoms with van der Waals surface area (Å²) in [7, 11) is 0. The van der Waals surface area contributed by atoms with Crippen LogP contribution in [0, 0.1) is 17.7 Å². The zero-order valence-electron chi connectivity index (χ0n) is 18.5. The zero-order valence-corrected chi connectivity index (χ0v) is 20.1. The third-order valence-electron chi connectivity index (χ3n) is 7.65. The summed E-state index contributed by atoms with van der Waals surface area (Å²) < 4.78 is 15.9. The van der Waals surface area contributed by atoms with E-state index in [1.54, 1.807) is 17.5 Å². The first kappa shape index (κ1) is 20.8. The van der Waals surface area contributed by atoms with E-state index in [2.05, 4.69) is 31.3 Å². The fraction of sp³-hybridized carbons (Fsp3) is 0.440. The van der Waals surface area contributed by atoms with Gasteiger partial charge in [0.1, 0.15) is 16.4 Å². The molecule has 0 amide bonds. The third-order valence-corrected chi connectivity index (χ3v) is 9.09. The smallest absolute Gasteiger partial charge is 0.192 e. The first-order chi connectivity index (χ1) is 16.6. The number of fused-ring (bicyclic) bond motifs is 4. The maximum Gasteiger partial charge on any atom is 0.192 e. The molecule has 4 saturated carbocycles. The quantitative estimate of drug-likeness (QED) is 0.319. The van der Waals surface area contributed by atoms with Gasteiger partial charge in [-0.15, -0.1) is 11.3 Å². The Morgan fingerprint density at radius 1 is 1.06 bits per heavy atom. The third kappa shape index (κ3) is 3.58. The maximum atomic E-state index is 15.9. The van der Waals surface area contributed by atoms with E-state index in [-0.39, 0.29) is 17.7 Å². The zero-order chi connectivity index (χ0) is 22.8. The number of H-pyrrole nitrogens is 1. The second-order valence-electron chi connectivity index (χ2n) is 9.89. The first-order valence-corrected chi connectivity index (χ1v) is 13.3. The second-order valence-corrected chi connectivity index (χ2v) is 11.4. The molecule has 4 heterocycles. The molecule has 8 rings (SSSR count). The average molecular weight is 495 g/mol. The minimum atomic E-state index is -0.377. The molecule has 4 aliphatic carbocycles. The molecule has 34 heavy (non-hydrogen) atoms. The average Bonchev–Trinajstić information content (AvgIpc) is 3.44. The maximum absolute atomic E-state index is 15.9. The molecule has 0 spiro atoms. The van der Waals surface area contributed by atoms with Crippen molar-refractivity contribution < 1.29 is 4.39 Å². The van der Waals surface area contributed by atoms with E-state index < -0.39 is 0 Å². The fourth-order valence-electron chi connectivity index (χ4n) is 5.66. The van der Waals surface area contributed by atoms with Gasteiger partial charge < -0.3 is 10.3 Å². The summed E-state index contributed by atoms with van der Waals surface area (Å²) in [6, 6.07) is 4.36. The minimum absolute atomic E-state index is 0.250. The van der Waals surface area contributed by atoms with Crippen LogP contribution in [-0.2, 0) is 0 Å². The molecular formula is C25H24ClFN6S. The molecular weight excluding hydrogens is 471 g/mol. The highest BCUT2D eigenvalue weighted by Crippen LogP contribution is 2.46. The minimum Gasteiger partial charge on any atom is -0.364 e. The number of halogens is 2. The van der Waals surface area contributed by atoms with Crippen LogP contribution in [0.25, 0.3) is 33.1 Å². The molecule has 4 aromatic heterocycles. The van der Waals surface area contributed by atoms with Crippen molar-refractivity contribution in [2.45, 2.75) is 56.9 Å². The van der Waals surface area contributed by atoms with Gasteiger partial charge in [0.25, 0.3) is 0 Å². The predicted molar refractivity (Wildman–Crippen MR) is 133 cm³/mol. The van der Waals surface area contributed by atoms with Crippen molar-refractivity contribution in [1.82, 2.24) is 24.9 Å². The van der Waals surface area contributed by atoms with Gasteiger partial charge in [-0.1, -0.05) is 24.4 Å². The Labute approximate surface area is 205 Å². The van der Waals surface area contributed by atoms with Gasteiger partial charge in [0.2, 0.25) is 0 Å². The summed E-state index contributed by atoms with van der Waals surface area (Å²) in [5, 5.41) is 3.79. The van der Waals surface area contributed by atoms with Gasteiger partial charge in [-0.2, -0.15) is 0 Å². The van der Waals surface area contributed by atoms with Crippen molar-refractivity contribution in [3.8, 4) is 22.0 Å². The van der Waals surface area contributed by atoms with Crippen LogP contribution >= 0.6 is 22.9 Å². The van der Waals surface area contributed by atoms with Gasteiger partial charge in [0, 0.05) is 17.1 Å². The molecule has 0 aromatic carbocycles. The van der Waals surface area contributed by atoms with Gasteiger partial charge in [-0.05, 0) is 62.0 Å². The molecule has 4 aliphatic rings. The van der Waals surface area contributed by atoms with Crippen molar-refractivity contribution in [3.63, 3.8) is 0 Å². The highest BCUT2D eigenvalue weighted by molar-refractivity contribution is 7.15. The van der Waals surface area contributed by atoms with E-state index in [0.717, 1.165) is 17.2 Å². The molecule has 174 valence electrons. The molecule has 4 fully saturated rings. The SMILES string of the molecule is Fc1c(N[C@@H]2CC3CCC2CC3)nc(-c2c[nH]c3ncc(Cl)nc23)nc1-c1ccc(C2CC2)s1. The van der Waals surface area contributed by atoms with Crippen LogP contribution in [0.4, 0.5) is 10.2 Å². The Morgan fingerprint density at radius 2 is 1.91 bits per heavy atom. The number of hydrogen-bond acceptors (Lipinski definition) is 6. The fourth-order valence-corrected chi connectivity index (χ4v) is 6.96. The summed E-state index contributed by atoms with van der Waals surface area (Å²) in [6.45, 7) is 0. The predicted octanol–water partition coefficient (Wildman–Crippen LogP) is 6.80. The summed E-state index contributed by atoms with van der Waals surface area (Å²) in [5.41, 5.74) is 2.19. The van der Waals surface area contributed by atoms with Crippen molar-refractivity contribution >= 4 is 39.9 Å².